The van der Waals surface area contributed by atoms with Crippen LogP contribution in [0, 0.1) is 27.9 Å². The predicted octanol–water partition coefficient (Wildman–Crippen LogP) is 3.94. The van der Waals surface area contributed by atoms with Gasteiger partial charge in [0.05, 0.1) is 29.6 Å². The van der Waals surface area contributed by atoms with Gasteiger partial charge in [-0.05, 0) is 43.9 Å². The second kappa shape index (κ2) is 9.11. The molecule has 4 unspecified atom stereocenters. The molecule has 4 aliphatic rings. The maximum Gasteiger partial charge on any atom is 0.271 e. The molecule has 1 saturated heterocycles. The number of amides is 2. The Morgan fingerprint density at radius 1 is 1.05 bits per heavy atom. The first kappa shape index (κ1) is 25.4. The number of rotatable bonds is 4. The number of anilines is 1. The molecule has 3 aliphatic carbocycles. The fraction of sp³-hybridized carbons (Fsp3) is 0.267. The summed E-state index contributed by atoms with van der Waals surface area (Å²) in [5, 5.41) is 22.3. The third kappa shape index (κ3) is 3.63. The van der Waals surface area contributed by atoms with Crippen LogP contribution in [0.1, 0.15) is 31.2 Å². The van der Waals surface area contributed by atoms with E-state index in [1.807, 2.05) is 6.08 Å². The van der Waals surface area contributed by atoms with Crippen LogP contribution in [0.4, 0.5) is 11.4 Å². The molecular formula is C30H24N2O8. The molecule has 0 aromatic heterocycles. The molecule has 1 N–H and O–H groups in total. The van der Waals surface area contributed by atoms with E-state index >= 15 is 0 Å². The number of Topliss-reactive ketones (excluding diaryl/α,β-unsaturated/α-hetero) is 1. The Labute approximate surface area is 228 Å². The minimum atomic E-state index is -0.835. The first-order valence-electron chi connectivity index (χ1n) is 12.8. The number of fused-ring (bicyclic) bond motifs is 3. The smallest absolute Gasteiger partial charge is 0.271 e. The molecule has 0 spiro atoms. The van der Waals surface area contributed by atoms with Crippen LogP contribution in [0.2, 0.25) is 0 Å². The summed E-state index contributed by atoms with van der Waals surface area (Å²) in [5.41, 5.74) is 1.78. The zero-order valence-corrected chi connectivity index (χ0v) is 21.6. The Balaban J connectivity index is 1.48. The van der Waals surface area contributed by atoms with Gasteiger partial charge in [0, 0.05) is 46.4 Å². The van der Waals surface area contributed by atoms with E-state index in [-0.39, 0.29) is 58.3 Å². The van der Waals surface area contributed by atoms with Gasteiger partial charge in [-0.25, -0.2) is 4.90 Å². The van der Waals surface area contributed by atoms with Gasteiger partial charge >= 0.3 is 0 Å². The molecule has 6 rings (SSSR count). The Hall–Kier alpha value is -4.86. The van der Waals surface area contributed by atoms with Crippen molar-refractivity contribution in [3.63, 3.8) is 0 Å². The Morgan fingerprint density at radius 3 is 2.52 bits per heavy atom. The number of hydrogen-bond donors (Lipinski definition) is 1. The number of nitro benzene ring substituents is 1. The van der Waals surface area contributed by atoms with Crippen LogP contribution in [0.25, 0.3) is 0 Å². The zero-order valence-electron chi connectivity index (χ0n) is 21.6. The molecule has 1 heterocycles. The standard InChI is InChI=1S/C30H24N2O8/c1-14-10-24(34)27-22(28(14)35)13-21-18(25(27)19-7-6-17(40-2)12-23(19)33)8-9-20-26(21)30(37)31(29(20)36)15-4-3-5-16(11-15)32(38)39/h3-8,10-12,20-21,25-26,33H,9,13H2,1-2H3. The molecule has 1 aliphatic heterocycles. The normalized spacial score (nSPS) is 25.7. The number of carbonyl (C=O) groups is 4. The summed E-state index contributed by atoms with van der Waals surface area (Å²) in [6, 6.07) is 10.1. The first-order valence-corrected chi connectivity index (χ1v) is 12.8. The van der Waals surface area contributed by atoms with Gasteiger partial charge in [-0.2, -0.15) is 0 Å². The fourth-order valence-electron chi connectivity index (χ4n) is 6.63. The lowest BCUT2D eigenvalue weighted by atomic mass is 9.59. The van der Waals surface area contributed by atoms with E-state index in [4.69, 9.17) is 4.74 Å². The number of nitrogens with zero attached hydrogens (tertiary/aromatic N) is 2. The van der Waals surface area contributed by atoms with Gasteiger partial charge in [-0.1, -0.05) is 23.8 Å². The highest BCUT2D eigenvalue weighted by molar-refractivity contribution is 6.25. The minimum absolute atomic E-state index is 0.0906. The number of non-ortho nitro benzene ring substituents is 1. The van der Waals surface area contributed by atoms with E-state index < -0.39 is 40.4 Å². The summed E-state index contributed by atoms with van der Waals surface area (Å²) in [7, 11) is 1.46. The molecule has 2 amide bonds. The number of carbonyl (C=O) groups excluding carboxylic acids is 4. The molecule has 40 heavy (non-hydrogen) atoms. The zero-order chi connectivity index (χ0) is 28.5. The van der Waals surface area contributed by atoms with E-state index in [0.717, 1.165) is 4.90 Å². The summed E-state index contributed by atoms with van der Waals surface area (Å²) in [5.74, 6) is -4.27. The molecule has 1 fully saturated rings. The SMILES string of the molecule is COc1ccc(C2C3=CCC4C(=O)N(c5cccc([N+](=O)[O-])c5)C(=O)C4C3CC3=C2C(=O)C=C(C)C3=O)c(O)c1. The van der Waals surface area contributed by atoms with Crippen molar-refractivity contribution in [3.05, 3.63) is 92.6 Å². The molecule has 2 aromatic rings. The van der Waals surface area contributed by atoms with Crippen molar-refractivity contribution in [2.24, 2.45) is 17.8 Å². The Bertz CT molecular complexity index is 1650. The maximum absolute atomic E-state index is 13.9. The van der Waals surface area contributed by atoms with Gasteiger partial charge in [0.2, 0.25) is 11.8 Å². The number of hydrogen-bond acceptors (Lipinski definition) is 8. The van der Waals surface area contributed by atoms with Crippen LogP contribution in [0.5, 0.6) is 11.5 Å². The highest BCUT2D eigenvalue weighted by Crippen LogP contribution is 2.56. The summed E-state index contributed by atoms with van der Waals surface area (Å²) in [6.45, 7) is 1.56. The van der Waals surface area contributed by atoms with Crippen LogP contribution in [0.3, 0.4) is 0 Å². The molecule has 10 nitrogen and oxygen atoms in total. The number of phenols is 1. The largest absolute Gasteiger partial charge is 0.507 e. The number of allylic oxidation sites excluding steroid dienone is 6. The molecule has 2 aromatic carbocycles. The van der Waals surface area contributed by atoms with Crippen LogP contribution >= 0.6 is 0 Å². The number of ketones is 2. The number of methoxy groups -OCH3 is 1. The van der Waals surface area contributed by atoms with Crippen LogP contribution in [0.15, 0.2) is 76.9 Å². The molecule has 0 saturated carbocycles. The maximum atomic E-state index is 13.9. The molecular weight excluding hydrogens is 516 g/mol. The average molecular weight is 541 g/mol. The third-order valence-corrected chi connectivity index (χ3v) is 8.41. The number of imide groups is 1. The van der Waals surface area contributed by atoms with Crippen molar-refractivity contribution in [2.45, 2.75) is 25.7 Å². The second-order valence-electron chi connectivity index (χ2n) is 10.4. The third-order valence-electron chi connectivity index (χ3n) is 8.41. The van der Waals surface area contributed by atoms with Crippen molar-refractivity contribution in [2.75, 3.05) is 12.0 Å². The highest BCUT2D eigenvalue weighted by Gasteiger charge is 2.57. The average Bonchev–Trinajstić information content (AvgIpc) is 3.20. The monoisotopic (exact) mass is 540 g/mol. The molecule has 10 heteroatoms. The lowest BCUT2D eigenvalue weighted by molar-refractivity contribution is -0.384. The minimum Gasteiger partial charge on any atom is -0.507 e. The Morgan fingerprint density at radius 2 is 1.82 bits per heavy atom. The van der Waals surface area contributed by atoms with Crippen molar-refractivity contribution in [1.29, 1.82) is 0 Å². The van der Waals surface area contributed by atoms with E-state index in [0.29, 0.717) is 16.9 Å². The highest BCUT2D eigenvalue weighted by atomic mass is 16.6. The van der Waals surface area contributed by atoms with Crippen LogP contribution < -0.4 is 9.64 Å². The fourth-order valence-corrected chi connectivity index (χ4v) is 6.63. The quantitative estimate of drug-likeness (QED) is 0.202. The summed E-state index contributed by atoms with van der Waals surface area (Å²) >= 11 is 0. The molecule has 4 atom stereocenters. The van der Waals surface area contributed by atoms with E-state index in [1.165, 1.54) is 43.5 Å². The van der Waals surface area contributed by atoms with Gasteiger partial charge in [0.25, 0.3) is 5.69 Å². The van der Waals surface area contributed by atoms with Crippen LogP contribution in [-0.4, -0.2) is 40.5 Å². The molecule has 0 radical (unpaired) electrons. The van der Waals surface area contributed by atoms with Crippen molar-refractivity contribution in [3.8, 4) is 11.5 Å². The van der Waals surface area contributed by atoms with Gasteiger partial charge in [-0.3, -0.25) is 29.3 Å². The molecule has 202 valence electrons. The van der Waals surface area contributed by atoms with Gasteiger partial charge in [0.1, 0.15) is 11.5 Å². The van der Waals surface area contributed by atoms with Crippen molar-refractivity contribution in [1.82, 2.24) is 0 Å². The van der Waals surface area contributed by atoms with Gasteiger partial charge < -0.3 is 9.84 Å². The van der Waals surface area contributed by atoms with E-state index in [2.05, 4.69) is 0 Å². The predicted molar refractivity (Wildman–Crippen MR) is 142 cm³/mol. The first-order chi connectivity index (χ1) is 19.1. The number of nitro groups is 1. The number of ether oxygens (including phenoxy) is 1. The van der Waals surface area contributed by atoms with Crippen LogP contribution in [-0.2, 0) is 19.2 Å². The lowest BCUT2D eigenvalue weighted by Gasteiger charge is -2.42. The number of benzene rings is 2. The van der Waals surface area contributed by atoms with Crippen molar-refractivity contribution < 1.29 is 33.9 Å². The van der Waals surface area contributed by atoms with Crippen molar-refractivity contribution >= 4 is 34.8 Å². The topological polar surface area (TPSA) is 144 Å². The lowest BCUT2D eigenvalue weighted by Crippen LogP contribution is -2.39. The summed E-state index contributed by atoms with van der Waals surface area (Å²) < 4.78 is 5.22. The van der Waals surface area contributed by atoms with Gasteiger partial charge in [-0.15, -0.1) is 0 Å². The summed E-state index contributed by atoms with van der Waals surface area (Å²) in [4.78, 5) is 65.9. The van der Waals surface area contributed by atoms with E-state index in [9.17, 15) is 34.4 Å². The Kier molecular flexibility index (Phi) is 5.79. The number of aromatic hydroxyl groups is 1. The summed E-state index contributed by atoms with van der Waals surface area (Å²) in [6.07, 6.45) is 3.44. The van der Waals surface area contributed by atoms with E-state index in [1.54, 1.807) is 19.1 Å². The second-order valence-corrected chi connectivity index (χ2v) is 10.4. The van der Waals surface area contributed by atoms with Gasteiger partial charge in [0.15, 0.2) is 11.6 Å². The molecule has 0 bridgehead atoms. The number of phenolic OH excluding ortho intramolecular Hbond substituents is 1.